The first kappa shape index (κ1) is 7.02. The van der Waals surface area contributed by atoms with Crippen molar-refractivity contribution in [3.63, 3.8) is 0 Å². The summed E-state index contributed by atoms with van der Waals surface area (Å²) in [5.74, 6) is 0.430. The van der Waals surface area contributed by atoms with Crippen LogP contribution in [-0.4, -0.2) is 20.8 Å². The van der Waals surface area contributed by atoms with E-state index >= 15 is 0 Å². The van der Waals surface area contributed by atoms with Crippen molar-refractivity contribution in [2.24, 2.45) is 5.92 Å². The topological polar surface area (TPSA) is 43.4 Å². The van der Waals surface area contributed by atoms with Gasteiger partial charge in [-0.1, -0.05) is 6.92 Å². The van der Waals surface area contributed by atoms with Crippen molar-refractivity contribution >= 4 is 10.1 Å². The number of hydrogen-bond acceptors (Lipinski definition) is 3. The summed E-state index contributed by atoms with van der Waals surface area (Å²) in [5, 5.41) is 0. The summed E-state index contributed by atoms with van der Waals surface area (Å²) in [6.07, 6.45) is 1.94. The average Bonchev–Trinajstić information content (AvgIpc) is 2.13. The standard InChI is InChI=1S/C5H10O3S/c1-4-3-5(4)8-9(2,6)7/h4-5H,3H2,1-2H3. The van der Waals surface area contributed by atoms with Gasteiger partial charge in [-0.2, -0.15) is 8.42 Å². The third-order valence-corrected chi connectivity index (χ3v) is 1.93. The van der Waals surface area contributed by atoms with Crippen LogP contribution in [0.2, 0.25) is 0 Å². The van der Waals surface area contributed by atoms with E-state index in [1.54, 1.807) is 0 Å². The summed E-state index contributed by atoms with van der Waals surface area (Å²) in [7, 11) is -3.19. The van der Waals surface area contributed by atoms with Gasteiger partial charge in [-0.05, 0) is 12.3 Å². The van der Waals surface area contributed by atoms with Gasteiger partial charge in [0.15, 0.2) is 0 Å². The van der Waals surface area contributed by atoms with E-state index in [-0.39, 0.29) is 6.10 Å². The largest absolute Gasteiger partial charge is 0.267 e. The fraction of sp³-hybridized carbons (Fsp3) is 1.00. The first-order chi connectivity index (χ1) is 3.99. The van der Waals surface area contributed by atoms with Crippen molar-refractivity contribution in [3.05, 3.63) is 0 Å². The van der Waals surface area contributed by atoms with Gasteiger partial charge in [0.1, 0.15) is 0 Å². The summed E-state index contributed by atoms with van der Waals surface area (Å²) in [4.78, 5) is 0. The molecule has 2 atom stereocenters. The van der Waals surface area contributed by atoms with Crippen molar-refractivity contribution in [3.8, 4) is 0 Å². The van der Waals surface area contributed by atoms with Gasteiger partial charge in [-0.3, -0.25) is 4.18 Å². The molecule has 0 aromatic rings. The van der Waals surface area contributed by atoms with E-state index in [1.807, 2.05) is 6.92 Å². The molecule has 54 valence electrons. The molecule has 1 aliphatic carbocycles. The molecule has 0 aliphatic heterocycles. The lowest BCUT2D eigenvalue weighted by Gasteiger charge is -1.95. The van der Waals surface area contributed by atoms with Crippen LogP contribution in [0.15, 0.2) is 0 Å². The first-order valence-corrected chi connectivity index (χ1v) is 4.69. The number of hydrogen-bond donors (Lipinski definition) is 0. The molecule has 0 N–H and O–H groups in total. The third kappa shape index (κ3) is 2.32. The van der Waals surface area contributed by atoms with Gasteiger partial charge in [0, 0.05) is 0 Å². The molecule has 9 heavy (non-hydrogen) atoms. The predicted octanol–water partition coefficient (Wildman–Crippen LogP) is 0.371. The Labute approximate surface area is 55.1 Å². The third-order valence-electron chi connectivity index (χ3n) is 1.33. The first-order valence-electron chi connectivity index (χ1n) is 2.87. The second kappa shape index (κ2) is 1.95. The molecule has 0 aromatic heterocycles. The van der Waals surface area contributed by atoms with Gasteiger partial charge in [-0.25, -0.2) is 0 Å². The van der Waals surface area contributed by atoms with E-state index < -0.39 is 10.1 Å². The van der Waals surface area contributed by atoms with E-state index in [2.05, 4.69) is 4.18 Å². The molecular formula is C5H10O3S. The average molecular weight is 150 g/mol. The van der Waals surface area contributed by atoms with E-state index in [1.165, 1.54) is 0 Å². The highest BCUT2D eigenvalue weighted by molar-refractivity contribution is 7.86. The van der Waals surface area contributed by atoms with E-state index in [0.29, 0.717) is 5.92 Å². The zero-order chi connectivity index (χ0) is 7.07. The predicted molar refractivity (Wildman–Crippen MR) is 33.5 cm³/mol. The molecule has 0 heterocycles. The normalized spacial score (nSPS) is 34.4. The lowest BCUT2D eigenvalue weighted by molar-refractivity contribution is 0.295. The van der Waals surface area contributed by atoms with Crippen LogP contribution in [0, 0.1) is 5.92 Å². The highest BCUT2D eigenvalue weighted by Gasteiger charge is 2.36. The Morgan fingerprint density at radius 2 is 2.00 bits per heavy atom. The summed E-state index contributed by atoms with van der Waals surface area (Å²) >= 11 is 0. The maximum Gasteiger partial charge on any atom is 0.264 e. The maximum absolute atomic E-state index is 10.4. The minimum absolute atomic E-state index is 0.0278. The van der Waals surface area contributed by atoms with Crippen LogP contribution in [0.5, 0.6) is 0 Å². The van der Waals surface area contributed by atoms with Gasteiger partial charge in [0.25, 0.3) is 10.1 Å². The molecule has 1 aliphatic rings. The van der Waals surface area contributed by atoms with Crippen molar-refractivity contribution in [2.75, 3.05) is 6.26 Å². The fourth-order valence-corrected chi connectivity index (χ4v) is 1.36. The maximum atomic E-state index is 10.4. The van der Waals surface area contributed by atoms with Gasteiger partial charge in [-0.15, -0.1) is 0 Å². The monoisotopic (exact) mass is 150 g/mol. The molecule has 1 rings (SSSR count). The molecule has 4 heteroatoms. The summed E-state index contributed by atoms with van der Waals surface area (Å²) < 4.78 is 25.4. The van der Waals surface area contributed by atoms with Crippen molar-refractivity contribution < 1.29 is 12.6 Å². The van der Waals surface area contributed by atoms with Crippen molar-refractivity contribution in [2.45, 2.75) is 19.4 Å². The van der Waals surface area contributed by atoms with Crippen LogP contribution in [0.25, 0.3) is 0 Å². The van der Waals surface area contributed by atoms with Gasteiger partial charge in [0.2, 0.25) is 0 Å². The second-order valence-corrected chi connectivity index (χ2v) is 4.15. The summed E-state index contributed by atoms with van der Waals surface area (Å²) in [5.41, 5.74) is 0. The molecule has 0 saturated heterocycles. The minimum atomic E-state index is -3.19. The van der Waals surface area contributed by atoms with E-state index in [0.717, 1.165) is 12.7 Å². The second-order valence-electron chi connectivity index (χ2n) is 2.55. The Hall–Kier alpha value is -0.0900. The molecule has 0 spiro atoms. The Kier molecular flexibility index (Phi) is 1.52. The molecule has 1 fully saturated rings. The van der Waals surface area contributed by atoms with E-state index in [4.69, 9.17) is 0 Å². The SMILES string of the molecule is CC1CC1OS(C)(=O)=O. The van der Waals surface area contributed by atoms with E-state index in [9.17, 15) is 8.42 Å². The molecule has 0 amide bonds. The quantitative estimate of drug-likeness (QED) is 0.534. The number of rotatable bonds is 2. The minimum Gasteiger partial charge on any atom is -0.267 e. The van der Waals surface area contributed by atoms with Gasteiger partial charge >= 0.3 is 0 Å². The Balaban J connectivity index is 2.37. The van der Waals surface area contributed by atoms with Crippen LogP contribution < -0.4 is 0 Å². The molecule has 1 saturated carbocycles. The summed E-state index contributed by atoms with van der Waals surface area (Å²) in [6.45, 7) is 1.97. The van der Waals surface area contributed by atoms with Crippen LogP contribution in [-0.2, 0) is 14.3 Å². The Morgan fingerprint density at radius 3 is 2.11 bits per heavy atom. The van der Waals surface area contributed by atoms with Gasteiger partial charge in [0.05, 0.1) is 12.4 Å². The zero-order valence-corrected chi connectivity index (χ0v) is 6.31. The lowest BCUT2D eigenvalue weighted by Crippen LogP contribution is -2.05. The highest BCUT2D eigenvalue weighted by atomic mass is 32.2. The molecule has 0 bridgehead atoms. The highest BCUT2D eigenvalue weighted by Crippen LogP contribution is 2.33. The Bertz CT molecular complexity index is 194. The fourth-order valence-electron chi connectivity index (χ4n) is 0.646. The lowest BCUT2D eigenvalue weighted by atomic mass is 10.5. The molecule has 2 unspecified atom stereocenters. The van der Waals surface area contributed by atoms with Crippen LogP contribution in [0.1, 0.15) is 13.3 Å². The van der Waals surface area contributed by atoms with Crippen LogP contribution >= 0.6 is 0 Å². The molecular weight excluding hydrogens is 140 g/mol. The van der Waals surface area contributed by atoms with Crippen LogP contribution in [0.3, 0.4) is 0 Å². The zero-order valence-electron chi connectivity index (χ0n) is 5.49. The molecule has 3 nitrogen and oxygen atoms in total. The molecule has 0 aromatic carbocycles. The van der Waals surface area contributed by atoms with Crippen molar-refractivity contribution in [1.82, 2.24) is 0 Å². The van der Waals surface area contributed by atoms with Crippen LogP contribution in [0.4, 0.5) is 0 Å². The smallest absolute Gasteiger partial charge is 0.264 e. The van der Waals surface area contributed by atoms with Crippen molar-refractivity contribution in [1.29, 1.82) is 0 Å². The molecule has 0 radical (unpaired) electrons. The Morgan fingerprint density at radius 1 is 1.56 bits per heavy atom. The summed E-state index contributed by atoms with van der Waals surface area (Å²) in [6, 6.07) is 0. The van der Waals surface area contributed by atoms with Gasteiger partial charge < -0.3 is 0 Å².